The summed E-state index contributed by atoms with van der Waals surface area (Å²) in [6, 6.07) is 0. The second-order valence-corrected chi connectivity index (χ2v) is 7.35. The van der Waals surface area contributed by atoms with E-state index >= 15 is 0 Å². The molecule has 0 aliphatic heterocycles. The zero-order valence-electron chi connectivity index (χ0n) is 12.0. The first-order chi connectivity index (χ1) is 9.71. The molecule has 0 unspecified atom stereocenters. The summed E-state index contributed by atoms with van der Waals surface area (Å²) in [5.41, 5.74) is 0.359. The Hall–Kier alpha value is -1.45. The SMILES string of the molecule is CCCNC(=O)CN(C)S(=O)(=O)c1c(C)csc1C(=O)O. The van der Waals surface area contributed by atoms with Crippen molar-refractivity contribution in [1.82, 2.24) is 9.62 Å². The number of aromatic carboxylic acids is 1. The van der Waals surface area contributed by atoms with Crippen LogP contribution in [-0.2, 0) is 14.8 Å². The first-order valence-electron chi connectivity index (χ1n) is 6.26. The number of carboxylic acids is 1. The highest BCUT2D eigenvalue weighted by Crippen LogP contribution is 2.28. The predicted molar refractivity (Wildman–Crippen MR) is 79.1 cm³/mol. The molecule has 0 aliphatic carbocycles. The van der Waals surface area contributed by atoms with Crippen LogP contribution in [0.5, 0.6) is 0 Å². The molecule has 1 amide bonds. The Bertz CT molecular complexity index is 636. The van der Waals surface area contributed by atoms with Gasteiger partial charge in [-0.15, -0.1) is 11.3 Å². The van der Waals surface area contributed by atoms with Gasteiger partial charge in [-0.05, 0) is 24.3 Å². The van der Waals surface area contributed by atoms with Gasteiger partial charge in [-0.3, -0.25) is 4.79 Å². The summed E-state index contributed by atoms with van der Waals surface area (Å²) in [6.07, 6.45) is 0.745. The summed E-state index contributed by atoms with van der Waals surface area (Å²) in [4.78, 5) is 22.2. The normalized spacial score (nSPS) is 11.6. The number of carboxylic acid groups (broad SMARTS) is 1. The first-order valence-corrected chi connectivity index (χ1v) is 8.58. The monoisotopic (exact) mass is 334 g/mol. The molecule has 0 aliphatic rings. The highest BCUT2D eigenvalue weighted by atomic mass is 32.2. The minimum atomic E-state index is -4.02. The summed E-state index contributed by atoms with van der Waals surface area (Å²) < 4.78 is 25.7. The lowest BCUT2D eigenvalue weighted by atomic mass is 10.3. The number of likely N-dealkylation sites (N-methyl/N-ethyl adjacent to an activating group) is 1. The van der Waals surface area contributed by atoms with E-state index in [0.29, 0.717) is 12.1 Å². The number of carbonyl (C=O) groups excluding carboxylic acids is 1. The van der Waals surface area contributed by atoms with Gasteiger partial charge in [0.25, 0.3) is 0 Å². The van der Waals surface area contributed by atoms with E-state index in [1.54, 1.807) is 0 Å². The van der Waals surface area contributed by atoms with Gasteiger partial charge < -0.3 is 10.4 Å². The predicted octanol–water partition coefficient (Wildman–Crippen LogP) is 0.901. The molecule has 0 radical (unpaired) electrons. The van der Waals surface area contributed by atoms with Crippen molar-refractivity contribution in [3.05, 3.63) is 15.8 Å². The zero-order chi connectivity index (χ0) is 16.2. The molecule has 0 fully saturated rings. The molecule has 21 heavy (non-hydrogen) atoms. The Morgan fingerprint density at radius 2 is 2.05 bits per heavy atom. The fourth-order valence-corrected chi connectivity index (χ4v) is 4.37. The van der Waals surface area contributed by atoms with Gasteiger partial charge in [0.15, 0.2) is 0 Å². The lowest BCUT2D eigenvalue weighted by molar-refractivity contribution is -0.121. The van der Waals surface area contributed by atoms with Crippen LogP contribution in [0.15, 0.2) is 10.3 Å². The third-order valence-corrected chi connectivity index (χ3v) is 5.93. The van der Waals surface area contributed by atoms with Gasteiger partial charge in [0.05, 0.1) is 6.54 Å². The van der Waals surface area contributed by atoms with Crippen molar-refractivity contribution >= 4 is 33.2 Å². The quantitative estimate of drug-likeness (QED) is 0.771. The molecule has 0 bridgehead atoms. The lowest BCUT2D eigenvalue weighted by Gasteiger charge is -2.17. The Labute approximate surface area is 127 Å². The maximum atomic E-state index is 12.4. The van der Waals surface area contributed by atoms with Crippen LogP contribution in [0.3, 0.4) is 0 Å². The molecule has 1 rings (SSSR count). The van der Waals surface area contributed by atoms with Gasteiger partial charge in [-0.1, -0.05) is 6.92 Å². The van der Waals surface area contributed by atoms with Crippen molar-refractivity contribution < 1.29 is 23.1 Å². The van der Waals surface area contributed by atoms with Gasteiger partial charge in [-0.25, -0.2) is 13.2 Å². The van der Waals surface area contributed by atoms with Crippen LogP contribution in [0.4, 0.5) is 0 Å². The second-order valence-electron chi connectivity index (χ2n) is 4.49. The molecule has 118 valence electrons. The van der Waals surface area contributed by atoms with E-state index in [4.69, 9.17) is 5.11 Å². The fraction of sp³-hybridized carbons (Fsp3) is 0.500. The Balaban J connectivity index is 3.03. The number of amides is 1. The average Bonchev–Trinajstić information content (AvgIpc) is 2.78. The van der Waals surface area contributed by atoms with E-state index < -0.39 is 21.9 Å². The molecule has 0 atom stereocenters. The van der Waals surface area contributed by atoms with Crippen molar-refractivity contribution in [2.45, 2.75) is 25.2 Å². The van der Waals surface area contributed by atoms with Crippen molar-refractivity contribution in [2.24, 2.45) is 0 Å². The molecule has 1 aromatic heterocycles. The van der Waals surface area contributed by atoms with Gasteiger partial charge in [0.2, 0.25) is 15.9 Å². The molecule has 0 spiro atoms. The smallest absolute Gasteiger partial charge is 0.347 e. The third-order valence-electron chi connectivity index (χ3n) is 2.72. The van der Waals surface area contributed by atoms with Crippen LogP contribution in [0.1, 0.15) is 28.6 Å². The number of nitrogens with zero attached hydrogens (tertiary/aromatic N) is 1. The lowest BCUT2D eigenvalue weighted by Crippen LogP contribution is -2.39. The number of rotatable bonds is 7. The topological polar surface area (TPSA) is 104 Å². The number of hydrogen-bond acceptors (Lipinski definition) is 5. The Morgan fingerprint density at radius 3 is 2.57 bits per heavy atom. The second kappa shape index (κ2) is 7.01. The summed E-state index contributed by atoms with van der Waals surface area (Å²) in [5.74, 6) is -1.72. The maximum Gasteiger partial charge on any atom is 0.347 e. The molecule has 1 heterocycles. The Kier molecular flexibility index (Phi) is 5.87. The summed E-state index contributed by atoms with van der Waals surface area (Å²) in [5, 5.41) is 13.1. The van der Waals surface area contributed by atoms with Crippen molar-refractivity contribution in [3.63, 3.8) is 0 Å². The number of sulfonamides is 1. The molecule has 7 nitrogen and oxygen atoms in total. The zero-order valence-corrected chi connectivity index (χ0v) is 13.7. The first kappa shape index (κ1) is 17.6. The third kappa shape index (κ3) is 4.02. The van der Waals surface area contributed by atoms with E-state index in [9.17, 15) is 18.0 Å². The van der Waals surface area contributed by atoms with Gasteiger partial charge in [0.1, 0.15) is 9.77 Å². The number of thiophene rings is 1. The van der Waals surface area contributed by atoms with Gasteiger partial charge in [0, 0.05) is 13.6 Å². The molecule has 0 saturated heterocycles. The van der Waals surface area contributed by atoms with E-state index in [-0.39, 0.29) is 16.3 Å². The summed E-state index contributed by atoms with van der Waals surface area (Å²) in [7, 11) is -2.77. The summed E-state index contributed by atoms with van der Waals surface area (Å²) >= 11 is 0.855. The maximum absolute atomic E-state index is 12.4. The van der Waals surface area contributed by atoms with Crippen LogP contribution in [0.25, 0.3) is 0 Å². The van der Waals surface area contributed by atoms with Gasteiger partial charge in [-0.2, -0.15) is 4.31 Å². The number of hydrogen-bond donors (Lipinski definition) is 2. The molecule has 0 aromatic carbocycles. The number of aryl methyl sites for hydroxylation is 1. The number of nitrogens with one attached hydrogen (secondary N) is 1. The average molecular weight is 334 g/mol. The minimum absolute atomic E-state index is 0.242. The van der Waals surface area contributed by atoms with Crippen molar-refractivity contribution in [1.29, 1.82) is 0 Å². The van der Waals surface area contributed by atoms with E-state index in [1.165, 1.54) is 19.4 Å². The fourth-order valence-electron chi connectivity index (χ4n) is 1.66. The van der Waals surface area contributed by atoms with E-state index in [0.717, 1.165) is 22.1 Å². The summed E-state index contributed by atoms with van der Waals surface area (Å²) in [6.45, 7) is 3.52. The van der Waals surface area contributed by atoms with Gasteiger partial charge >= 0.3 is 5.97 Å². The van der Waals surface area contributed by atoms with Crippen LogP contribution < -0.4 is 5.32 Å². The number of carbonyl (C=O) groups is 2. The van der Waals surface area contributed by atoms with Crippen molar-refractivity contribution in [3.8, 4) is 0 Å². The van der Waals surface area contributed by atoms with Crippen molar-refractivity contribution in [2.75, 3.05) is 20.1 Å². The standard InChI is InChI=1S/C12H18N2O5S2/c1-4-5-13-9(15)6-14(3)21(18,19)11-8(2)7-20-10(11)12(16)17/h7H,4-6H2,1-3H3,(H,13,15)(H,16,17). The molecular weight excluding hydrogens is 316 g/mol. The van der Waals surface area contributed by atoms with E-state index in [1.807, 2.05) is 6.92 Å². The van der Waals surface area contributed by atoms with E-state index in [2.05, 4.69) is 5.32 Å². The van der Waals surface area contributed by atoms with Crippen LogP contribution in [0.2, 0.25) is 0 Å². The minimum Gasteiger partial charge on any atom is -0.477 e. The molecule has 2 N–H and O–H groups in total. The largest absolute Gasteiger partial charge is 0.477 e. The Morgan fingerprint density at radius 1 is 1.43 bits per heavy atom. The molecule has 0 saturated carbocycles. The molecular formula is C12H18N2O5S2. The van der Waals surface area contributed by atoms with Crippen LogP contribution >= 0.6 is 11.3 Å². The molecule has 9 heteroatoms. The molecule has 1 aromatic rings. The highest BCUT2D eigenvalue weighted by Gasteiger charge is 2.31. The van der Waals surface area contributed by atoms with Crippen LogP contribution in [0, 0.1) is 6.92 Å². The highest BCUT2D eigenvalue weighted by molar-refractivity contribution is 7.89. The van der Waals surface area contributed by atoms with Crippen LogP contribution in [-0.4, -0.2) is 49.8 Å².